The second-order valence-corrected chi connectivity index (χ2v) is 5.30. The molecule has 1 aliphatic heterocycles. The van der Waals surface area contributed by atoms with Crippen LogP contribution in [0.25, 0.3) is 0 Å². The molecule has 1 aromatic heterocycles. The molecule has 90 valence electrons. The fourth-order valence-electron chi connectivity index (χ4n) is 2.20. The largest absolute Gasteiger partial charge is 0.319 e. The Balaban J connectivity index is 1.92. The third-order valence-electron chi connectivity index (χ3n) is 3.27. The summed E-state index contributed by atoms with van der Waals surface area (Å²) in [4.78, 5) is 7.26. The minimum Gasteiger partial charge on any atom is -0.319 e. The molecule has 1 aliphatic rings. The molecule has 1 unspecified atom stereocenters. The molecule has 0 saturated carbocycles. The van der Waals surface area contributed by atoms with Gasteiger partial charge in [-0.1, -0.05) is 6.92 Å². The number of nitrogens with zero attached hydrogens (tertiary/aromatic N) is 2. The third-order valence-corrected chi connectivity index (χ3v) is 4.33. The van der Waals surface area contributed by atoms with E-state index in [1.165, 1.54) is 36.8 Å². The molecule has 1 atom stereocenters. The molecule has 1 fully saturated rings. The van der Waals surface area contributed by atoms with Crippen LogP contribution in [-0.2, 0) is 6.42 Å². The van der Waals surface area contributed by atoms with Crippen molar-refractivity contribution in [1.29, 1.82) is 0 Å². The first kappa shape index (κ1) is 12.0. The highest BCUT2D eigenvalue weighted by molar-refractivity contribution is 7.09. The quantitative estimate of drug-likeness (QED) is 0.848. The van der Waals surface area contributed by atoms with Crippen molar-refractivity contribution < 1.29 is 0 Å². The van der Waals surface area contributed by atoms with Crippen LogP contribution < -0.4 is 5.32 Å². The Morgan fingerprint density at radius 1 is 1.62 bits per heavy atom. The van der Waals surface area contributed by atoms with Gasteiger partial charge in [-0.2, -0.15) is 0 Å². The van der Waals surface area contributed by atoms with Crippen LogP contribution >= 0.6 is 11.3 Å². The van der Waals surface area contributed by atoms with Gasteiger partial charge < -0.3 is 10.2 Å². The summed E-state index contributed by atoms with van der Waals surface area (Å²) in [5, 5.41) is 6.74. The number of likely N-dealkylation sites (N-methyl/N-ethyl adjacent to an activating group) is 2. The number of nitrogens with one attached hydrogen (secondary N) is 1. The summed E-state index contributed by atoms with van der Waals surface area (Å²) in [6.07, 6.45) is 2.34. The molecule has 0 aliphatic carbocycles. The zero-order valence-electron chi connectivity index (χ0n) is 10.2. The number of aromatic nitrogens is 1. The van der Waals surface area contributed by atoms with E-state index in [4.69, 9.17) is 4.98 Å². The van der Waals surface area contributed by atoms with E-state index in [0.29, 0.717) is 5.92 Å². The standard InChI is InChI=1S/C12H21N3S/c1-3-15-7-5-10(8-15)12-14-11(9-16-12)4-6-13-2/h9-10,13H,3-8H2,1-2H3. The summed E-state index contributed by atoms with van der Waals surface area (Å²) >= 11 is 1.84. The van der Waals surface area contributed by atoms with Crippen LogP contribution in [0.5, 0.6) is 0 Å². The molecule has 3 nitrogen and oxygen atoms in total. The Labute approximate surface area is 102 Å². The Morgan fingerprint density at radius 2 is 2.50 bits per heavy atom. The second-order valence-electron chi connectivity index (χ2n) is 4.41. The van der Waals surface area contributed by atoms with Crippen molar-refractivity contribution in [2.45, 2.75) is 25.7 Å². The number of hydrogen-bond donors (Lipinski definition) is 1. The number of hydrogen-bond acceptors (Lipinski definition) is 4. The fraction of sp³-hybridized carbons (Fsp3) is 0.750. The molecule has 0 amide bonds. The molecule has 0 radical (unpaired) electrons. The lowest BCUT2D eigenvalue weighted by molar-refractivity contribution is 0.354. The molecule has 0 bridgehead atoms. The topological polar surface area (TPSA) is 28.2 Å². The average Bonchev–Trinajstić information content (AvgIpc) is 2.94. The molecule has 1 aromatic rings. The molecule has 0 aromatic carbocycles. The summed E-state index contributed by atoms with van der Waals surface area (Å²) in [5.41, 5.74) is 1.25. The third kappa shape index (κ3) is 2.81. The molecule has 2 rings (SSSR count). The first-order chi connectivity index (χ1) is 7.83. The van der Waals surface area contributed by atoms with Crippen LogP contribution in [0.2, 0.25) is 0 Å². The van der Waals surface area contributed by atoms with Gasteiger partial charge in [0.25, 0.3) is 0 Å². The number of likely N-dealkylation sites (tertiary alicyclic amines) is 1. The second kappa shape index (κ2) is 5.75. The van der Waals surface area contributed by atoms with E-state index >= 15 is 0 Å². The highest BCUT2D eigenvalue weighted by atomic mass is 32.1. The van der Waals surface area contributed by atoms with Gasteiger partial charge in [0.05, 0.1) is 10.7 Å². The lowest BCUT2D eigenvalue weighted by Crippen LogP contribution is -2.19. The Bertz CT molecular complexity index is 324. The van der Waals surface area contributed by atoms with E-state index < -0.39 is 0 Å². The van der Waals surface area contributed by atoms with Gasteiger partial charge >= 0.3 is 0 Å². The first-order valence-corrected chi connectivity index (χ1v) is 7.02. The lowest BCUT2D eigenvalue weighted by atomic mass is 10.1. The van der Waals surface area contributed by atoms with Crippen molar-refractivity contribution in [2.75, 3.05) is 33.2 Å². The Kier molecular flexibility index (Phi) is 4.32. The summed E-state index contributed by atoms with van der Waals surface area (Å²) < 4.78 is 0. The zero-order valence-corrected chi connectivity index (χ0v) is 11.0. The zero-order chi connectivity index (χ0) is 11.4. The van der Waals surface area contributed by atoms with E-state index in [1.54, 1.807) is 0 Å². The molecule has 2 heterocycles. The van der Waals surface area contributed by atoms with Gasteiger partial charge in [0.1, 0.15) is 0 Å². The fourth-order valence-corrected chi connectivity index (χ4v) is 3.18. The predicted octanol–water partition coefficient (Wildman–Crippen LogP) is 1.71. The van der Waals surface area contributed by atoms with Gasteiger partial charge in [-0.25, -0.2) is 4.98 Å². The molecular formula is C12H21N3S. The summed E-state index contributed by atoms with van der Waals surface area (Å²) in [6.45, 7) is 6.88. The van der Waals surface area contributed by atoms with Gasteiger partial charge in [-0.3, -0.25) is 0 Å². The van der Waals surface area contributed by atoms with E-state index in [9.17, 15) is 0 Å². The van der Waals surface area contributed by atoms with Gasteiger partial charge in [-0.15, -0.1) is 11.3 Å². The normalized spacial score (nSPS) is 21.8. The molecule has 1 saturated heterocycles. The van der Waals surface area contributed by atoms with Crippen molar-refractivity contribution in [3.05, 3.63) is 16.1 Å². The van der Waals surface area contributed by atoms with E-state index in [0.717, 1.165) is 13.0 Å². The summed E-state index contributed by atoms with van der Waals surface area (Å²) in [6, 6.07) is 0. The number of rotatable bonds is 5. The van der Waals surface area contributed by atoms with E-state index in [1.807, 2.05) is 18.4 Å². The molecular weight excluding hydrogens is 218 g/mol. The predicted molar refractivity (Wildman–Crippen MR) is 69.2 cm³/mol. The minimum atomic E-state index is 0.688. The van der Waals surface area contributed by atoms with Crippen molar-refractivity contribution >= 4 is 11.3 Å². The van der Waals surface area contributed by atoms with Crippen molar-refractivity contribution in [3.8, 4) is 0 Å². The van der Waals surface area contributed by atoms with Gasteiger partial charge in [0.2, 0.25) is 0 Å². The maximum atomic E-state index is 4.75. The van der Waals surface area contributed by atoms with Crippen molar-refractivity contribution in [3.63, 3.8) is 0 Å². The lowest BCUT2D eigenvalue weighted by Gasteiger charge is -2.11. The van der Waals surface area contributed by atoms with Gasteiger partial charge in [0.15, 0.2) is 0 Å². The Hall–Kier alpha value is -0.450. The summed E-state index contributed by atoms with van der Waals surface area (Å²) in [7, 11) is 1.99. The van der Waals surface area contributed by atoms with Crippen LogP contribution in [0.3, 0.4) is 0 Å². The smallest absolute Gasteiger partial charge is 0.0972 e. The van der Waals surface area contributed by atoms with Crippen LogP contribution in [0.1, 0.15) is 30.0 Å². The first-order valence-electron chi connectivity index (χ1n) is 6.14. The monoisotopic (exact) mass is 239 g/mol. The Morgan fingerprint density at radius 3 is 3.19 bits per heavy atom. The van der Waals surface area contributed by atoms with E-state index in [-0.39, 0.29) is 0 Å². The molecule has 1 N–H and O–H groups in total. The summed E-state index contributed by atoms with van der Waals surface area (Å²) in [5.74, 6) is 0.688. The van der Waals surface area contributed by atoms with E-state index in [2.05, 4.69) is 22.5 Å². The van der Waals surface area contributed by atoms with Crippen LogP contribution in [0, 0.1) is 0 Å². The maximum Gasteiger partial charge on any atom is 0.0972 e. The van der Waals surface area contributed by atoms with Crippen LogP contribution in [0.15, 0.2) is 5.38 Å². The maximum absolute atomic E-state index is 4.75. The van der Waals surface area contributed by atoms with Crippen molar-refractivity contribution in [1.82, 2.24) is 15.2 Å². The minimum absolute atomic E-state index is 0.688. The highest BCUT2D eigenvalue weighted by Crippen LogP contribution is 2.29. The molecule has 0 spiro atoms. The number of thiazole rings is 1. The molecule has 16 heavy (non-hydrogen) atoms. The van der Waals surface area contributed by atoms with Gasteiger partial charge in [-0.05, 0) is 26.6 Å². The van der Waals surface area contributed by atoms with Gasteiger partial charge in [0, 0.05) is 30.8 Å². The van der Waals surface area contributed by atoms with Crippen molar-refractivity contribution in [2.24, 2.45) is 0 Å². The molecule has 4 heteroatoms. The van der Waals surface area contributed by atoms with Crippen LogP contribution in [0.4, 0.5) is 0 Å². The SMILES string of the molecule is CCN1CCC(c2nc(CCNC)cs2)C1. The average molecular weight is 239 g/mol. The highest BCUT2D eigenvalue weighted by Gasteiger charge is 2.24. The van der Waals surface area contributed by atoms with Crippen LogP contribution in [-0.4, -0.2) is 43.1 Å².